The third-order valence-electron chi connectivity index (χ3n) is 5.35. The summed E-state index contributed by atoms with van der Waals surface area (Å²) < 4.78 is 32.6. The Morgan fingerprint density at radius 1 is 1.17 bits per heavy atom. The fourth-order valence-corrected chi connectivity index (χ4v) is 5.23. The van der Waals surface area contributed by atoms with Gasteiger partial charge in [0.05, 0.1) is 12.0 Å². The van der Waals surface area contributed by atoms with E-state index in [0.717, 1.165) is 11.1 Å². The van der Waals surface area contributed by atoms with Crippen LogP contribution < -0.4 is 10.1 Å². The average Bonchev–Trinajstić information content (AvgIpc) is 2.71. The number of carbonyl (C=O) groups is 1. The second-order valence-corrected chi connectivity index (χ2v) is 9.56. The number of sulfonamides is 1. The normalized spacial score (nSPS) is 15.9. The molecule has 1 saturated heterocycles. The SMILES string of the molecule is COc1ccc(S(=O)(=O)N2CCC(C(=O)Nc3cccc(Cl)c3C)CC2)cc1C. The number of piperidine rings is 1. The third kappa shape index (κ3) is 4.57. The van der Waals surface area contributed by atoms with Gasteiger partial charge in [0.25, 0.3) is 0 Å². The summed E-state index contributed by atoms with van der Waals surface area (Å²) in [6.45, 7) is 4.27. The van der Waals surface area contributed by atoms with Gasteiger partial charge in [0.1, 0.15) is 5.75 Å². The number of benzene rings is 2. The van der Waals surface area contributed by atoms with Crippen LogP contribution in [0.3, 0.4) is 0 Å². The van der Waals surface area contributed by atoms with Crippen LogP contribution >= 0.6 is 11.6 Å². The van der Waals surface area contributed by atoms with Crippen molar-refractivity contribution in [3.8, 4) is 5.75 Å². The molecule has 1 heterocycles. The Morgan fingerprint density at radius 3 is 2.48 bits per heavy atom. The van der Waals surface area contributed by atoms with Gasteiger partial charge in [0.2, 0.25) is 15.9 Å². The van der Waals surface area contributed by atoms with Crippen molar-refractivity contribution in [3.05, 3.63) is 52.5 Å². The maximum absolute atomic E-state index is 13.0. The smallest absolute Gasteiger partial charge is 0.243 e. The maximum Gasteiger partial charge on any atom is 0.243 e. The first kappa shape index (κ1) is 21.6. The first-order chi connectivity index (χ1) is 13.7. The predicted molar refractivity (Wildman–Crippen MR) is 114 cm³/mol. The molecule has 0 atom stereocenters. The van der Waals surface area contributed by atoms with Crippen molar-refractivity contribution in [1.29, 1.82) is 0 Å². The van der Waals surface area contributed by atoms with Gasteiger partial charge >= 0.3 is 0 Å². The molecule has 0 aromatic heterocycles. The lowest BCUT2D eigenvalue weighted by molar-refractivity contribution is -0.120. The minimum atomic E-state index is -3.60. The molecule has 1 aliphatic rings. The zero-order valence-electron chi connectivity index (χ0n) is 16.7. The van der Waals surface area contributed by atoms with Gasteiger partial charge in [-0.2, -0.15) is 4.31 Å². The van der Waals surface area contributed by atoms with Crippen molar-refractivity contribution >= 4 is 33.2 Å². The van der Waals surface area contributed by atoms with Crippen LogP contribution in [-0.2, 0) is 14.8 Å². The molecule has 0 aliphatic carbocycles. The lowest BCUT2D eigenvalue weighted by Crippen LogP contribution is -2.41. The highest BCUT2D eigenvalue weighted by atomic mass is 35.5. The number of methoxy groups -OCH3 is 1. The predicted octanol–water partition coefficient (Wildman–Crippen LogP) is 4.00. The molecule has 0 spiro atoms. The van der Waals surface area contributed by atoms with Crippen LogP contribution in [0.15, 0.2) is 41.3 Å². The number of amides is 1. The number of nitrogens with zero attached hydrogens (tertiary/aromatic N) is 1. The molecule has 8 heteroatoms. The number of hydrogen-bond donors (Lipinski definition) is 1. The van der Waals surface area contributed by atoms with Gasteiger partial charge in [-0.25, -0.2) is 8.42 Å². The van der Waals surface area contributed by atoms with E-state index in [2.05, 4.69) is 5.32 Å². The number of carbonyl (C=O) groups excluding carboxylic acids is 1. The third-order valence-corrected chi connectivity index (χ3v) is 7.66. The van der Waals surface area contributed by atoms with Crippen LogP contribution in [0.1, 0.15) is 24.0 Å². The van der Waals surface area contributed by atoms with Crippen LogP contribution in [0.25, 0.3) is 0 Å². The summed E-state index contributed by atoms with van der Waals surface area (Å²) in [5, 5.41) is 3.52. The standard InChI is InChI=1S/C21H25ClN2O4S/c1-14-13-17(7-8-20(14)28-3)29(26,27)24-11-9-16(10-12-24)21(25)23-19-6-4-5-18(22)15(19)2/h4-8,13,16H,9-12H2,1-3H3,(H,23,25). The van der Waals surface area contributed by atoms with Crippen molar-refractivity contribution in [2.75, 3.05) is 25.5 Å². The molecule has 2 aromatic rings. The van der Waals surface area contributed by atoms with Gasteiger partial charge in [-0.15, -0.1) is 0 Å². The van der Waals surface area contributed by atoms with Gasteiger partial charge < -0.3 is 10.1 Å². The van der Waals surface area contributed by atoms with Crippen molar-refractivity contribution in [3.63, 3.8) is 0 Å². The average molecular weight is 437 g/mol. The summed E-state index contributed by atoms with van der Waals surface area (Å²) in [6.07, 6.45) is 0.944. The number of anilines is 1. The molecule has 2 aromatic carbocycles. The Hall–Kier alpha value is -2.09. The zero-order chi connectivity index (χ0) is 21.2. The summed E-state index contributed by atoms with van der Waals surface area (Å²) in [7, 11) is -2.05. The summed E-state index contributed by atoms with van der Waals surface area (Å²) in [5.41, 5.74) is 2.27. The van der Waals surface area contributed by atoms with Crippen molar-refractivity contribution in [1.82, 2.24) is 4.31 Å². The number of rotatable bonds is 5. The van der Waals surface area contributed by atoms with Crippen molar-refractivity contribution in [2.45, 2.75) is 31.6 Å². The minimum absolute atomic E-state index is 0.104. The highest BCUT2D eigenvalue weighted by Crippen LogP contribution is 2.29. The topological polar surface area (TPSA) is 75.7 Å². The largest absolute Gasteiger partial charge is 0.496 e. The molecule has 0 saturated carbocycles. The molecule has 0 bridgehead atoms. The Balaban J connectivity index is 1.65. The molecule has 0 unspecified atom stereocenters. The van der Waals surface area contributed by atoms with E-state index in [1.54, 1.807) is 37.4 Å². The van der Waals surface area contributed by atoms with E-state index < -0.39 is 10.0 Å². The van der Waals surface area contributed by atoms with E-state index in [1.807, 2.05) is 19.9 Å². The van der Waals surface area contributed by atoms with E-state index in [-0.39, 0.29) is 16.7 Å². The molecule has 6 nitrogen and oxygen atoms in total. The lowest BCUT2D eigenvalue weighted by Gasteiger charge is -2.30. The molecular formula is C21H25ClN2O4S. The minimum Gasteiger partial charge on any atom is -0.496 e. The molecule has 156 valence electrons. The number of ether oxygens (including phenoxy) is 1. The fourth-order valence-electron chi connectivity index (χ4n) is 3.50. The molecule has 1 amide bonds. The van der Waals surface area contributed by atoms with E-state index in [1.165, 1.54) is 4.31 Å². The van der Waals surface area contributed by atoms with E-state index in [0.29, 0.717) is 42.4 Å². The number of halogens is 1. The van der Waals surface area contributed by atoms with Crippen LogP contribution in [0.2, 0.25) is 5.02 Å². The number of nitrogens with one attached hydrogen (secondary N) is 1. The van der Waals surface area contributed by atoms with Crippen LogP contribution in [0, 0.1) is 19.8 Å². The second-order valence-electron chi connectivity index (χ2n) is 7.21. The van der Waals surface area contributed by atoms with E-state index in [9.17, 15) is 13.2 Å². The first-order valence-electron chi connectivity index (χ1n) is 9.45. The van der Waals surface area contributed by atoms with Gasteiger partial charge in [-0.3, -0.25) is 4.79 Å². The molecule has 0 radical (unpaired) electrons. The van der Waals surface area contributed by atoms with Gasteiger partial charge in [0, 0.05) is 29.7 Å². The molecule has 1 fully saturated rings. The monoisotopic (exact) mass is 436 g/mol. The number of aryl methyl sites for hydroxylation is 1. The lowest BCUT2D eigenvalue weighted by atomic mass is 9.97. The molecule has 1 N–H and O–H groups in total. The quantitative estimate of drug-likeness (QED) is 0.768. The van der Waals surface area contributed by atoms with Crippen LogP contribution in [0.4, 0.5) is 5.69 Å². The Labute approximate surface area is 176 Å². The zero-order valence-corrected chi connectivity index (χ0v) is 18.3. The van der Waals surface area contributed by atoms with E-state index >= 15 is 0 Å². The summed E-state index contributed by atoms with van der Waals surface area (Å²) in [4.78, 5) is 12.9. The molecule has 29 heavy (non-hydrogen) atoms. The van der Waals surface area contributed by atoms with Gasteiger partial charge in [0.15, 0.2) is 0 Å². The molecule has 3 rings (SSSR count). The fraction of sp³-hybridized carbons (Fsp3) is 0.381. The maximum atomic E-state index is 13.0. The van der Waals surface area contributed by atoms with Crippen LogP contribution in [0.5, 0.6) is 5.75 Å². The van der Waals surface area contributed by atoms with Gasteiger partial charge in [-0.1, -0.05) is 17.7 Å². The molecular weight excluding hydrogens is 412 g/mol. The summed E-state index contributed by atoms with van der Waals surface area (Å²) in [6, 6.07) is 10.2. The highest BCUT2D eigenvalue weighted by molar-refractivity contribution is 7.89. The van der Waals surface area contributed by atoms with Crippen LogP contribution in [-0.4, -0.2) is 38.8 Å². The Kier molecular flexibility index (Phi) is 6.51. The Morgan fingerprint density at radius 2 is 1.86 bits per heavy atom. The Bertz CT molecular complexity index is 1020. The van der Waals surface area contributed by atoms with Crippen molar-refractivity contribution < 1.29 is 17.9 Å². The number of hydrogen-bond acceptors (Lipinski definition) is 4. The van der Waals surface area contributed by atoms with Gasteiger partial charge in [-0.05, 0) is 68.1 Å². The summed E-state index contributed by atoms with van der Waals surface area (Å²) in [5.74, 6) is 0.306. The first-order valence-corrected chi connectivity index (χ1v) is 11.3. The van der Waals surface area contributed by atoms with E-state index in [4.69, 9.17) is 16.3 Å². The summed E-state index contributed by atoms with van der Waals surface area (Å²) >= 11 is 6.11. The second kappa shape index (κ2) is 8.73. The molecule has 1 aliphatic heterocycles. The van der Waals surface area contributed by atoms with Crippen molar-refractivity contribution in [2.24, 2.45) is 5.92 Å². The highest BCUT2D eigenvalue weighted by Gasteiger charge is 2.32.